The number of hydrogen-bond acceptors (Lipinski definition) is 5. The van der Waals surface area contributed by atoms with Crippen LogP contribution in [0.25, 0.3) is 11.0 Å². The maximum absolute atomic E-state index is 12.8. The Hall–Kier alpha value is -3.38. The molecule has 6 nitrogen and oxygen atoms in total. The van der Waals surface area contributed by atoms with Crippen LogP contribution >= 0.6 is 11.6 Å². The standard InChI is InChI=1S/C22H19ClN4O2/c1-15-21-19(24-12-17-8-5-9-18(23)10-17)11-20(28)27(22(21)26-14-25-15)29-13-16-6-3-2-4-7-16/h2-11,14,24H,12-13H2,1H3. The summed E-state index contributed by atoms with van der Waals surface area (Å²) in [5, 5.41) is 4.71. The first-order valence-electron chi connectivity index (χ1n) is 9.15. The molecule has 0 atom stereocenters. The number of benzene rings is 2. The van der Waals surface area contributed by atoms with E-state index in [0.29, 0.717) is 22.9 Å². The van der Waals surface area contributed by atoms with Crippen molar-refractivity contribution in [2.24, 2.45) is 0 Å². The maximum Gasteiger partial charge on any atom is 0.287 e. The molecule has 0 unspecified atom stereocenters. The average molecular weight is 407 g/mol. The topological polar surface area (TPSA) is 69.0 Å². The normalized spacial score (nSPS) is 10.8. The summed E-state index contributed by atoms with van der Waals surface area (Å²) < 4.78 is 1.22. The fourth-order valence-electron chi connectivity index (χ4n) is 3.11. The Morgan fingerprint density at radius 3 is 2.62 bits per heavy atom. The van der Waals surface area contributed by atoms with Gasteiger partial charge in [0.15, 0.2) is 5.65 Å². The van der Waals surface area contributed by atoms with Crippen molar-refractivity contribution in [3.8, 4) is 0 Å². The zero-order valence-corrected chi connectivity index (χ0v) is 16.6. The van der Waals surface area contributed by atoms with Gasteiger partial charge in [-0.3, -0.25) is 4.79 Å². The summed E-state index contributed by atoms with van der Waals surface area (Å²) in [4.78, 5) is 27.2. The second kappa shape index (κ2) is 8.32. The smallest absolute Gasteiger partial charge is 0.287 e. The molecule has 4 rings (SSSR count). The van der Waals surface area contributed by atoms with Gasteiger partial charge in [-0.1, -0.05) is 54.1 Å². The monoisotopic (exact) mass is 406 g/mol. The van der Waals surface area contributed by atoms with E-state index in [-0.39, 0.29) is 12.2 Å². The lowest BCUT2D eigenvalue weighted by Gasteiger charge is -2.15. The van der Waals surface area contributed by atoms with Gasteiger partial charge in [0.05, 0.1) is 16.8 Å². The van der Waals surface area contributed by atoms with Crippen molar-refractivity contribution >= 4 is 28.3 Å². The highest BCUT2D eigenvalue weighted by molar-refractivity contribution is 6.30. The van der Waals surface area contributed by atoms with Crippen LogP contribution in [0, 0.1) is 6.92 Å². The molecule has 7 heteroatoms. The molecule has 146 valence electrons. The molecule has 4 aromatic rings. The maximum atomic E-state index is 12.8. The number of hydrogen-bond donors (Lipinski definition) is 1. The number of aromatic nitrogens is 3. The van der Waals surface area contributed by atoms with Gasteiger partial charge in [-0.25, -0.2) is 9.97 Å². The summed E-state index contributed by atoms with van der Waals surface area (Å²) in [5.41, 5.74) is 3.49. The highest BCUT2D eigenvalue weighted by Crippen LogP contribution is 2.23. The number of pyridine rings is 1. The molecule has 0 aliphatic rings. The van der Waals surface area contributed by atoms with E-state index in [9.17, 15) is 4.79 Å². The van der Waals surface area contributed by atoms with Crippen molar-refractivity contribution in [2.75, 3.05) is 5.32 Å². The molecule has 0 aliphatic carbocycles. The number of nitrogens with one attached hydrogen (secondary N) is 1. The molecule has 0 bridgehead atoms. The van der Waals surface area contributed by atoms with Crippen LogP contribution in [-0.4, -0.2) is 14.7 Å². The predicted octanol–water partition coefficient (Wildman–Crippen LogP) is 3.99. The zero-order chi connectivity index (χ0) is 20.2. The first kappa shape index (κ1) is 19.0. The first-order valence-corrected chi connectivity index (χ1v) is 9.52. The summed E-state index contributed by atoms with van der Waals surface area (Å²) in [6, 6.07) is 18.7. The number of rotatable bonds is 6. The second-order valence-corrected chi connectivity index (χ2v) is 7.03. The summed E-state index contributed by atoms with van der Waals surface area (Å²) >= 11 is 6.06. The Labute approximate surface area is 172 Å². The van der Waals surface area contributed by atoms with Gasteiger partial charge in [-0.05, 0) is 30.2 Å². The highest BCUT2D eigenvalue weighted by Gasteiger charge is 2.14. The molecule has 0 fully saturated rings. The highest BCUT2D eigenvalue weighted by atomic mass is 35.5. The third kappa shape index (κ3) is 4.22. The van der Waals surface area contributed by atoms with E-state index >= 15 is 0 Å². The molecule has 2 aromatic heterocycles. The minimum absolute atomic E-state index is 0.258. The van der Waals surface area contributed by atoms with Crippen molar-refractivity contribution in [3.05, 3.63) is 99.2 Å². The van der Waals surface area contributed by atoms with Crippen molar-refractivity contribution in [2.45, 2.75) is 20.1 Å². The van der Waals surface area contributed by atoms with Crippen molar-refractivity contribution in [3.63, 3.8) is 0 Å². The van der Waals surface area contributed by atoms with Gasteiger partial charge >= 0.3 is 0 Å². The Kier molecular flexibility index (Phi) is 5.44. The van der Waals surface area contributed by atoms with Crippen molar-refractivity contribution in [1.29, 1.82) is 0 Å². The molecular formula is C22H19ClN4O2. The molecule has 2 heterocycles. The van der Waals surface area contributed by atoms with E-state index < -0.39 is 0 Å². The van der Waals surface area contributed by atoms with Crippen molar-refractivity contribution < 1.29 is 4.84 Å². The second-order valence-electron chi connectivity index (χ2n) is 6.59. The van der Waals surface area contributed by atoms with E-state index in [4.69, 9.17) is 16.4 Å². The van der Waals surface area contributed by atoms with Crippen LogP contribution in [0.3, 0.4) is 0 Å². The van der Waals surface area contributed by atoms with Crippen LogP contribution < -0.4 is 15.7 Å². The summed E-state index contributed by atoms with van der Waals surface area (Å²) in [7, 11) is 0. The van der Waals surface area contributed by atoms with Gasteiger partial charge in [0.25, 0.3) is 5.56 Å². The minimum Gasteiger partial charge on any atom is -0.404 e. The number of fused-ring (bicyclic) bond motifs is 1. The zero-order valence-electron chi connectivity index (χ0n) is 15.8. The molecule has 0 amide bonds. The Balaban J connectivity index is 1.68. The first-order chi connectivity index (χ1) is 14.1. The molecule has 0 aliphatic heterocycles. The van der Waals surface area contributed by atoms with Crippen LogP contribution in [0.15, 0.2) is 71.8 Å². The number of halogens is 1. The van der Waals surface area contributed by atoms with Gasteiger partial charge in [-0.2, -0.15) is 0 Å². The largest absolute Gasteiger partial charge is 0.404 e. The SMILES string of the molecule is Cc1ncnc2c1c(NCc1cccc(Cl)c1)cc(=O)n2OCc1ccccc1. The number of anilines is 1. The molecule has 2 aromatic carbocycles. The molecule has 0 spiro atoms. The third-order valence-electron chi connectivity index (χ3n) is 4.52. The third-order valence-corrected chi connectivity index (χ3v) is 4.76. The summed E-state index contributed by atoms with van der Waals surface area (Å²) in [6.07, 6.45) is 1.43. The van der Waals surface area contributed by atoms with Gasteiger partial charge in [-0.15, -0.1) is 4.73 Å². The predicted molar refractivity (Wildman–Crippen MR) is 114 cm³/mol. The fraction of sp³-hybridized carbons (Fsp3) is 0.136. The lowest BCUT2D eigenvalue weighted by molar-refractivity contribution is 0.0979. The average Bonchev–Trinajstić information content (AvgIpc) is 2.72. The quantitative estimate of drug-likeness (QED) is 0.524. The number of nitrogens with zero attached hydrogens (tertiary/aromatic N) is 3. The van der Waals surface area contributed by atoms with Crippen molar-refractivity contribution in [1.82, 2.24) is 14.7 Å². The summed E-state index contributed by atoms with van der Waals surface area (Å²) in [6.45, 7) is 2.65. The van der Waals surface area contributed by atoms with E-state index in [1.807, 2.05) is 61.5 Å². The van der Waals surface area contributed by atoms with Gasteiger partial charge in [0.2, 0.25) is 0 Å². The lowest BCUT2D eigenvalue weighted by atomic mass is 10.2. The van der Waals surface area contributed by atoms with Crippen LogP contribution in [0.4, 0.5) is 5.69 Å². The van der Waals surface area contributed by atoms with E-state index in [1.54, 1.807) is 0 Å². The van der Waals surface area contributed by atoms with E-state index in [1.165, 1.54) is 17.1 Å². The van der Waals surface area contributed by atoms with Gasteiger partial charge < -0.3 is 10.2 Å². The lowest BCUT2D eigenvalue weighted by Crippen LogP contribution is -2.28. The molecule has 0 saturated heterocycles. The van der Waals surface area contributed by atoms with Crippen LogP contribution in [0.1, 0.15) is 16.8 Å². The Morgan fingerprint density at radius 1 is 1.03 bits per heavy atom. The molecular weight excluding hydrogens is 388 g/mol. The molecule has 0 radical (unpaired) electrons. The van der Waals surface area contributed by atoms with Crippen LogP contribution in [-0.2, 0) is 13.2 Å². The molecule has 1 N–H and O–H groups in total. The fourth-order valence-corrected chi connectivity index (χ4v) is 3.32. The van der Waals surface area contributed by atoms with Gasteiger partial charge in [0.1, 0.15) is 12.9 Å². The van der Waals surface area contributed by atoms with E-state index in [2.05, 4.69) is 15.3 Å². The summed E-state index contributed by atoms with van der Waals surface area (Å²) in [5.74, 6) is 0. The molecule has 0 saturated carbocycles. The number of aryl methyl sites for hydroxylation is 1. The minimum atomic E-state index is -0.305. The van der Waals surface area contributed by atoms with Crippen LogP contribution in [0.2, 0.25) is 5.02 Å². The van der Waals surface area contributed by atoms with E-state index in [0.717, 1.165) is 22.2 Å². The van der Waals surface area contributed by atoms with Gasteiger partial charge in [0, 0.05) is 17.6 Å². The Morgan fingerprint density at radius 2 is 1.83 bits per heavy atom. The van der Waals surface area contributed by atoms with Crippen LogP contribution in [0.5, 0.6) is 0 Å². The molecule has 29 heavy (non-hydrogen) atoms. The Bertz CT molecular complexity index is 1210.